The molecular weight excluding hydrogens is 272 g/mol. The van der Waals surface area contributed by atoms with Crippen LogP contribution >= 0.6 is 0 Å². The van der Waals surface area contributed by atoms with Crippen LogP contribution in [-0.2, 0) is 13.0 Å². The molecule has 1 N–H and O–H groups in total. The first-order valence-electron chi connectivity index (χ1n) is 8.21. The lowest BCUT2D eigenvalue weighted by Crippen LogP contribution is -2.37. The monoisotopic (exact) mass is 298 g/mol. The Morgan fingerprint density at radius 2 is 2.09 bits per heavy atom. The van der Waals surface area contributed by atoms with Gasteiger partial charge in [-0.2, -0.15) is 5.10 Å². The van der Waals surface area contributed by atoms with Crippen LogP contribution in [0.5, 0.6) is 0 Å². The van der Waals surface area contributed by atoms with E-state index in [2.05, 4.69) is 64.2 Å². The first kappa shape index (κ1) is 15.1. The molecule has 0 spiro atoms. The Hall–Kier alpha value is -1.81. The fourth-order valence-corrected chi connectivity index (χ4v) is 3.27. The Morgan fingerprint density at radius 3 is 2.86 bits per heavy atom. The zero-order valence-corrected chi connectivity index (χ0v) is 13.8. The molecule has 1 atom stereocenters. The van der Waals surface area contributed by atoms with Crippen molar-refractivity contribution >= 4 is 5.69 Å². The Kier molecular flexibility index (Phi) is 4.48. The minimum atomic E-state index is 0.427. The van der Waals surface area contributed by atoms with Crippen LogP contribution in [0, 0.1) is 13.8 Å². The second-order valence-electron chi connectivity index (χ2n) is 6.33. The number of rotatable bonds is 6. The number of nitrogens with zero attached hydrogens (tertiary/aromatic N) is 3. The molecule has 1 aliphatic heterocycles. The van der Waals surface area contributed by atoms with E-state index >= 15 is 0 Å². The highest BCUT2D eigenvalue weighted by Crippen LogP contribution is 2.26. The largest absolute Gasteiger partial charge is 0.370 e. The molecule has 0 bridgehead atoms. The SMILES string of the molecule is Cc1cc(C)n(C[C@H](C)NCCN2CCc3ccccc32)n1. The average Bonchev–Trinajstić information content (AvgIpc) is 3.03. The molecule has 4 heteroatoms. The molecule has 1 aromatic heterocycles. The molecule has 2 heterocycles. The minimum Gasteiger partial charge on any atom is -0.370 e. The topological polar surface area (TPSA) is 33.1 Å². The summed E-state index contributed by atoms with van der Waals surface area (Å²) in [5.74, 6) is 0. The lowest BCUT2D eigenvalue weighted by atomic mass is 10.2. The Balaban J connectivity index is 1.46. The maximum Gasteiger partial charge on any atom is 0.0596 e. The van der Waals surface area contributed by atoms with Crippen LogP contribution in [0.4, 0.5) is 5.69 Å². The van der Waals surface area contributed by atoms with Gasteiger partial charge in [0.25, 0.3) is 0 Å². The number of benzene rings is 1. The third-order valence-corrected chi connectivity index (χ3v) is 4.41. The van der Waals surface area contributed by atoms with Gasteiger partial charge in [0.1, 0.15) is 0 Å². The summed E-state index contributed by atoms with van der Waals surface area (Å²) in [5, 5.41) is 8.15. The average molecular weight is 298 g/mol. The van der Waals surface area contributed by atoms with Crippen molar-refractivity contribution in [3.63, 3.8) is 0 Å². The summed E-state index contributed by atoms with van der Waals surface area (Å²) in [4.78, 5) is 2.48. The van der Waals surface area contributed by atoms with Crippen LogP contribution in [0.2, 0.25) is 0 Å². The van der Waals surface area contributed by atoms with Crippen LogP contribution in [0.3, 0.4) is 0 Å². The molecule has 0 saturated carbocycles. The summed E-state index contributed by atoms with van der Waals surface area (Å²) in [6, 6.07) is 11.3. The van der Waals surface area contributed by atoms with Crippen molar-refractivity contribution in [1.82, 2.24) is 15.1 Å². The number of fused-ring (bicyclic) bond motifs is 1. The summed E-state index contributed by atoms with van der Waals surface area (Å²) >= 11 is 0. The van der Waals surface area contributed by atoms with Gasteiger partial charge in [0.15, 0.2) is 0 Å². The number of aromatic nitrogens is 2. The molecule has 0 aliphatic carbocycles. The van der Waals surface area contributed by atoms with E-state index < -0.39 is 0 Å². The number of hydrogen-bond acceptors (Lipinski definition) is 3. The summed E-state index contributed by atoms with van der Waals surface area (Å²) < 4.78 is 2.10. The zero-order valence-electron chi connectivity index (χ0n) is 13.8. The third kappa shape index (κ3) is 3.33. The maximum absolute atomic E-state index is 4.53. The van der Waals surface area contributed by atoms with E-state index in [1.165, 1.54) is 23.4 Å². The van der Waals surface area contributed by atoms with Crippen molar-refractivity contribution in [3.8, 4) is 0 Å². The fourth-order valence-electron chi connectivity index (χ4n) is 3.27. The quantitative estimate of drug-likeness (QED) is 0.889. The molecule has 1 aliphatic rings. The minimum absolute atomic E-state index is 0.427. The van der Waals surface area contributed by atoms with Gasteiger partial charge >= 0.3 is 0 Å². The van der Waals surface area contributed by atoms with Gasteiger partial charge in [-0.05, 0) is 44.9 Å². The first-order valence-corrected chi connectivity index (χ1v) is 8.21. The van der Waals surface area contributed by atoms with Gasteiger partial charge in [0.05, 0.1) is 12.2 Å². The Bertz CT molecular complexity index is 632. The molecular formula is C18H26N4. The third-order valence-electron chi connectivity index (χ3n) is 4.41. The molecule has 0 saturated heterocycles. The van der Waals surface area contributed by atoms with Gasteiger partial charge in [-0.15, -0.1) is 0 Å². The Labute approximate surface area is 133 Å². The number of anilines is 1. The maximum atomic E-state index is 4.53. The summed E-state index contributed by atoms with van der Waals surface area (Å²) in [5.41, 5.74) is 5.23. The number of nitrogens with one attached hydrogen (secondary N) is 1. The molecule has 3 rings (SSSR count). The number of aryl methyl sites for hydroxylation is 2. The van der Waals surface area contributed by atoms with E-state index in [0.717, 1.165) is 31.9 Å². The zero-order chi connectivity index (χ0) is 15.5. The van der Waals surface area contributed by atoms with Gasteiger partial charge in [-0.1, -0.05) is 18.2 Å². The van der Waals surface area contributed by atoms with Crippen molar-refractivity contribution in [3.05, 3.63) is 47.3 Å². The summed E-state index contributed by atoms with van der Waals surface area (Å²) in [6.45, 7) is 10.5. The van der Waals surface area contributed by atoms with Crippen LogP contribution in [0.15, 0.2) is 30.3 Å². The molecule has 0 amide bonds. The highest BCUT2D eigenvalue weighted by molar-refractivity contribution is 5.57. The van der Waals surface area contributed by atoms with Crippen LogP contribution in [-0.4, -0.2) is 35.5 Å². The molecule has 1 aromatic carbocycles. The van der Waals surface area contributed by atoms with Crippen molar-refractivity contribution in [1.29, 1.82) is 0 Å². The van der Waals surface area contributed by atoms with Crippen LogP contribution < -0.4 is 10.2 Å². The van der Waals surface area contributed by atoms with Crippen molar-refractivity contribution < 1.29 is 0 Å². The van der Waals surface area contributed by atoms with Crippen molar-refractivity contribution in [2.75, 3.05) is 24.5 Å². The van der Waals surface area contributed by atoms with E-state index in [4.69, 9.17) is 0 Å². The van der Waals surface area contributed by atoms with Gasteiger partial charge in [-0.25, -0.2) is 0 Å². The smallest absolute Gasteiger partial charge is 0.0596 e. The van der Waals surface area contributed by atoms with Gasteiger partial charge < -0.3 is 10.2 Å². The van der Waals surface area contributed by atoms with Crippen LogP contribution in [0.1, 0.15) is 23.9 Å². The lowest BCUT2D eigenvalue weighted by molar-refractivity contribution is 0.447. The van der Waals surface area contributed by atoms with E-state index in [-0.39, 0.29) is 0 Å². The van der Waals surface area contributed by atoms with E-state index in [0.29, 0.717) is 6.04 Å². The molecule has 0 unspecified atom stereocenters. The second-order valence-corrected chi connectivity index (χ2v) is 6.33. The van der Waals surface area contributed by atoms with Crippen LogP contribution in [0.25, 0.3) is 0 Å². The number of hydrogen-bond donors (Lipinski definition) is 1. The van der Waals surface area contributed by atoms with E-state index in [9.17, 15) is 0 Å². The predicted octanol–water partition coefficient (Wildman–Crippen LogP) is 2.54. The normalized spacial score (nSPS) is 15.1. The summed E-state index contributed by atoms with van der Waals surface area (Å²) in [7, 11) is 0. The van der Waals surface area contributed by atoms with Gasteiger partial charge in [0.2, 0.25) is 0 Å². The van der Waals surface area contributed by atoms with Gasteiger partial charge in [-0.3, -0.25) is 4.68 Å². The molecule has 0 radical (unpaired) electrons. The molecule has 2 aromatic rings. The highest BCUT2D eigenvalue weighted by atomic mass is 15.3. The van der Waals surface area contributed by atoms with Crippen molar-refractivity contribution in [2.24, 2.45) is 0 Å². The van der Waals surface area contributed by atoms with Gasteiger partial charge in [0, 0.05) is 37.1 Å². The fraction of sp³-hybridized carbons (Fsp3) is 0.500. The molecule has 0 fully saturated rings. The van der Waals surface area contributed by atoms with E-state index in [1.807, 2.05) is 6.92 Å². The first-order chi connectivity index (χ1) is 10.6. The lowest BCUT2D eigenvalue weighted by Gasteiger charge is -2.21. The summed E-state index contributed by atoms with van der Waals surface area (Å²) in [6.07, 6.45) is 1.18. The highest BCUT2D eigenvalue weighted by Gasteiger charge is 2.17. The van der Waals surface area contributed by atoms with Crippen molar-refractivity contribution in [2.45, 2.75) is 39.8 Å². The second kappa shape index (κ2) is 6.53. The standard InChI is InChI=1S/C18H26N4/c1-14-12-16(3)22(20-14)13-15(2)19-9-11-21-10-8-17-6-4-5-7-18(17)21/h4-7,12,15,19H,8-11,13H2,1-3H3/t15-/m0/s1. The predicted molar refractivity (Wildman–Crippen MR) is 91.5 cm³/mol. The molecule has 118 valence electrons. The van der Waals surface area contributed by atoms with E-state index in [1.54, 1.807) is 0 Å². The molecule has 4 nitrogen and oxygen atoms in total. The number of para-hydroxylation sites is 1. The molecule has 22 heavy (non-hydrogen) atoms. The Morgan fingerprint density at radius 1 is 1.27 bits per heavy atom.